The van der Waals surface area contributed by atoms with Crippen LogP contribution in [0, 0.1) is 6.92 Å². The molecule has 0 unspecified atom stereocenters. The number of carbonyl (C=O) groups is 1. The monoisotopic (exact) mass is 234 g/mol. The number of Topliss-reactive ketones (excluding diaryl/α,β-unsaturated/α-hetero) is 1. The number of ether oxygens (including phenoxy) is 1. The van der Waals surface area contributed by atoms with Crippen molar-refractivity contribution in [1.29, 1.82) is 0 Å². The van der Waals surface area contributed by atoms with E-state index in [1.165, 1.54) is 11.1 Å². The number of methoxy groups -OCH3 is 1. The molecular weight excluding hydrogens is 212 g/mol. The van der Waals surface area contributed by atoms with Crippen molar-refractivity contribution < 1.29 is 9.53 Å². The second-order valence-corrected chi connectivity index (χ2v) is 4.46. The van der Waals surface area contributed by atoms with Gasteiger partial charge in [-0.2, -0.15) is 0 Å². The van der Waals surface area contributed by atoms with E-state index in [1.807, 2.05) is 19.1 Å². The third-order valence-corrected chi connectivity index (χ3v) is 2.87. The van der Waals surface area contributed by atoms with E-state index in [4.69, 9.17) is 4.74 Å². The maximum absolute atomic E-state index is 11.4. The maximum Gasteiger partial charge on any atom is 0.132 e. The third kappa shape index (κ3) is 4.59. The van der Waals surface area contributed by atoms with Crippen LogP contribution in [0.2, 0.25) is 0 Å². The molecule has 0 amide bonds. The summed E-state index contributed by atoms with van der Waals surface area (Å²) >= 11 is 0. The van der Waals surface area contributed by atoms with Crippen LogP contribution in [0.15, 0.2) is 18.2 Å². The first-order chi connectivity index (χ1) is 8.17. The number of carbonyl (C=O) groups excluding carboxylic acids is 1. The van der Waals surface area contributed by atoms with Gasteiger partial charge in [0.05, 0.1) is 7.11 Å². The largest absolute Gasteiger partial charge is 0.496 e. The van der Waals surface area contributed by atoms with Crippen LogP contribution in [0.3, 0.4) is 0 Å². The summed E-state index contributed by atoms with van der Waals surface area (Å²) in [5.74, 6) is 1.30. The van der Waals surface area contributed by atoms with Gasteiger partial charge in [0.2, 0.25) is 0 Å². The lowest BCUT2D eigenvalue weighted by atomic mass is 10.0. The Bertz CT molecular complexity index is 369. The van der Waals surface area contributed by atoms with Crippen LogP contribution in [-0.4, -0.2) is 12.9 Å². The van der Waals surface area contributed by atoms with Crippen molar-refractivity contribution in [2.24, 2.45) is 0 Å². The summed E-state index contributed by atoms with van der Waals surface area (Å²) in [7, 11) is 1.69. The summed E-state index contributed by atoms with van der Waals surface area (Å²) in [5, 5.41) is 0. The Morgan fingerprint density at radius 1 is 1.29 bits per heavy atom. The van der Waals surface area contributed by atoms with Gasteiger partial charge in [-0.3, -0.25) is 4.79 Å². The van der Waals surface area contributed by atoms with Gasteiger partial charge in [0, 0.05) is 12.8 Å². The Morgan fingerprint density at radius 2 is 2.06 bits per heavy atom. The number of rotatable bonds is 7. The van der Waals surface area contributed by atoms with Gasteiger partial charge in [0.1, 0.15) is 11.5 Å². The summed E-state index contributed by atoms with van der Waals surface area (Å²) in [6, 6.07) is 6.19. The van der Waals surface area contributed by atoms with Gasteiger partial charge >= 0.3 is 0 Å². The van der Waals surface area contributed by atoms with Gasteiger partial charge in [0.25, 0.3) is 0 Å². The van der Waals surface area contributed by atoms with Crippen molar-refractivity contribution in [3.05, 3.63) is 29.3 Å². The highest BCUT2D eigenvalue weighted by atomic mass is 16.5. The van der Waals surface area contributed by atoms with Gasteiger partial charge in [-0.05, 0) is 37.8 Å². The summed E-state index contributed by atoms with van der Waals surface area (Å²) in [6.07, 6.45) is 4.18. The third-order valence-electron chi connectivity index (χ3n) is 2.87. The average Bonchev–Trinajstić information content (AvgIpc) is 2.30. The zero-order valence-electron chi connectivity index (χ0n) is 11.1. The molecule has 0 saturated heterocycles. The molecule has 0 bridgehead atoms. The molecule has 94 valence electrons. The molecule has 0 saturated carbocycles. The first-order valence-corrected chi connectivity index (χ1v) is 6.32. The van der Waals surface area contributed by atoms with E-state index in [0.29, 0.717) is 18.6 Å². The molecule has 0 atom stereocenters. The van der Waals surface area contributed by atoms with E-state index in [2.05, 4.69) is 13.0 Å². The molecule has 0 N–H and O–H groups in total. The molecule has 2 nitrogen and oxygen atoms in total. The summed E-state index contributed by atoms with van der Waals surface area (Å²) in [6.45, 7) is 4.12. The van der Waals surface area contributed by atoms with Crippen molar-refractivity contribution in [1.82, 2.24) is 0 Å². The fraction of sp³-hybridized carbons (Fsp3) is 0.533. The minimum absolute atomic E-state index is 0.374. The first-order valence-electron chi connectivity index (χ1n) is 6.32. The smallest absolute Gasteiger partial charge is 0.132 e. The van der Waals surface area contributed by atoms with Gasteiger partial charge < -0.3 is 4.74 Å². The second kappa shape index (κ2) is 7.10. The first kappa shape index (κ1) is 13.8. The van der Waals surface area contributed by atoms with E-state index in [0.717, 1.165) is 25.0 Å². The molecule has 0 spiro atoms. The zero-order valence-corrected chi connectivity index (χ0v) is 11.1. The normalized spacial score (nSPS) is 10.3. The Morgan fingerprint density at radius 3 is 2.71 bits per heavy atom. The van der Waals surface area contributed by atoms with Crippen LogP contribution >= 0.6 is 0 Å². The van der Waals surface area contributed by atoms with E-state index in [-0.39, 0.29) is 0 Å². The van der Waals surface area contributed by atoms with Crippen LogP contribution in [-0.2, 0) is 11.2 Å². The average molecular weight is 234 g/mol. The lowest BCUT2D eigenvalue weighted by Gasteiger charge is -2.09. The van der Waals surface area contributed by atoms with Crippen LogP contribution in [0.5, 0.6) is 5.75 Å². The molecule has 2 heteroatoms. The minimum atomic E-state index is 0.374. The number of benzene rings is 1. The predicted molar refractivity (Wildman–Crippen MR) is 70.6 cm³/mol. The fourth-order valence-electron chi connectivity index (χ4n) is 1.98. The molecule has 1 aromatic carbocycles. The SMILES string of the molecule is CCCC(=O)CCCc1cc(C)ccc1OC. The van der Waals surface area contributed by atoms with Crippen LogP contribution in [0.25, 0.3) is 0 Å². The van der Waals surface area contributed by atoms with Crippen molar-refractivity contribution in [2.45, 2.75) is 46.0 Å². The number of aryl methyl sites for hydroxylation is 2. The van der Waals surface area contributed by atoms with Gasteiger partial charge in [-0.25, -0.2) is 0 Å². The Hall–Kier alpha value is -1.31. The molecule has 0 aromatic heterocycles. The fourth-order valence-corrected chi connectivity index (χ4v) is 1.98. The molecule has 0 fully saturated rings. The van der Waals surface area contributed by atoms with Crippen molar-refractivity contribution in [2.75, 3.05) is 7.11 Å². The highest BCUT2D eigenvalue weighted by molar-refractivity contribution is 5.78. The lowest BCUT2D eigenvalue weighted by molar-refractivity contribution is -0.119. The molecule has 0 aliphatic heterocycles. The molecule has 0 radical (unpaired) electrons. The summed E-state index contributed by atoms with van der Waals surface area (Å²) in [4.78, 5) is 11.4. The molecule has 0 aliphatic carbocycles. The number of ketones is 1. The highest BCUT2D eigenvalue weighted by Crippen LogP contribution is 2.21. The van der Waals surface area contributed by atoms with Crippen molar-refractivity contribution in [3.63, 3.8) is 0 Å². The Labute approximate surface area is 104 Å². The minimum Gasteiger partial charge on any atom is -0.496 e. The molecule has 0 heterocycles. The van der Waals surface area contributed by atoms with Crippen molar-refractivity contribution >= 4 is 5.78 Å². The lowest BCUT2D eigenvalue weighted by Crippen LogP contribution is -1.99. The van der Waals surface area contributed by atoms with Crippen molar-refractivity contribution in [3.8, 4) is 5.75 Å². The predicted octanol–water partition coefficient (Wildman–Crippen LogP) is 3.70. The Balaban J connectivity index is 2.50. The van der Waals surface area contributed by atoms with E-state index in [9.17, 15) is 4.79 Å². The van der Waals surface area contributed by atoms with Gasteiger partial charge in [-0.1, -0.05) is 24.6 Å². The summed E-state index contributed by atoms with van der Waals surface area (Å²) in [5.41, 5.74) is 2.44. The molecule has 0 aliphatic rings. The second-order valence-electron chi connectivity index (χ2n) is 4.46. The number of hydrogen-bond donors (Lipinski definition) is 0. The standard InChI is InChI=1S/C15H22O2/c1-4-6-14(16)8-5-7-13-11-12(2)9-10-15(13)17-3/h9-11H,4-8H2,1-3H3. The Kier molecular flexibility index (Phi) is 5.75. The zero-order chi connectivity index (χ0) is 12.7. The summed E-state index contributed by atoms with van der Waals surface area (Å²) < 4.78 is 5.32. The molecule has 1 aromatic rings. The maximum atomic E-state index is 11.4. The van der Waals surface area contributed by atoms with Crippen LogP contribution in [0.4, 0.5) is 0 Å². The molecular formula is C15H22O2. The van der Waals surface area contributed by atoms with Crippen LogP contribution in [0.1, 0.15) is 43.7 Å². The molecule has 1 rings (SSSR count). The van der Waals surface area contributed by atoms with E-state index in [1.54, 1.807) is 7.11 Å². The molecule has 17 heavy (non-hydrogen) atoms. The van der Waals surface area contributed by atoms with Crippen LogP contribution < -0.4 is 4.74 Å². The number of hydrogen-bond acceptors (Lipinski definition) is 2. The van der Waals surface area contributed by atoms with E-state index >= 15 is 0 Å². The van der Waals surface area contributed by atoms with Gasteiger partial charge in [0.15, 0.2) is 0 Å². The van der Waals surface area contributed by atoms with Gasteiger partial charge in [-0.15, -0.1) is 0 Å². The quantitative estimate of drug-likeness (QED) is 0.719. The topological polar surface area (TPSA) is 26.3 Å². The highest BCUT2D eigenvalue weighted by Gasteiger charge is 2.05. The van der Waals surface area contributed by atoms with E-state index < -0.39 is 0 Å².